The molecule has 1 aromatic heterocycles. The van der Waals surface area contributed by atoms with Gasteiger partial charge in [0.25, 0.3) is 0 Å². The third-order valence-corrected chi connectivity index (χ3v) is 24.4. The van der Waals surface area contributed by atoms with Gasteiger partial charge in [-0.25, -0.2) is 0 Å². The first-order valence-corrected chi connectivity index (χ1v) is 23.7. The van der Waals surface area contributed by atoms with E-state index in [1.165, 1.54) is 60.9 Å². The molecular formula is C52H52Cl2OZr. The third-order valence-electron chi connectivity index (χ3n) is 14.4. The van der Waals surface area contributed by atoms with Crippen molar-refractivity contribution in [2.24, 2.45) is 17.8 Å². The molecule has 56 heavy (non-hydrogen) atoms. The molecule has 284 valence electrons. The van der Waals surface area contributed by atoms with Gasteiger partial charge in [-0.1, -0.05) is 0 Å². The van der Waals surface area contributed by atoms with Crippen LogP contribution >= 0.6 is 0 Å². The predicted octanol–water partition coefficient (Wildman–Crippen LogP) is 7.61. The van der Waals surface area contributed by atoms with Crippen LogP contribution < -0.4 is 24.8 Å². The number of furan rings is 1. The fourth-order valence-corrected chi connectivity index (χ4v) is 22.3. The maximum atomic E-state index is 5.84. The molecule has 6 aromatic rings. The molecule has 0 fully saturated rings. The third kappa shape index (κ3) is 5.83. The molecule has 0 amide bonds. The van der Waals surface area contributed by atoms with E-state index in [0.717, 1.165) is 0 Å². The molecule has 6 atom stereocenters. The van der Waals surface area contributed by atoms with Gasteiger partial charge in [-0.15, -0.1) is 0 Å². The van der Waals surface area contributed by atoms with Crippen molar-refractivity contribution >= 4 is 19.6 Å². The van der Waals surface area contributed by atoms with Crippen molar-refractivity contribution in [3.05, 3.63) is 181 Å². The predicted molar refractivity (Wildman–Crippen MR) is 225 cm³/mol. The summed E-state index contributed by atoms with van der Waals surface area (Å²) in [6, 6.07) is 37.1. The van der Waals surface area contributed by atoms with Crippen molar-refractivity contribution in [3.8, 4) is 11.1 Å². The molecule has 1 nitrogen and oxygen atoms in total. The topological polar surface area (TPSA) is 13.1 Å². The molecule has 0 bridgehead atoms. The zero-order valence-corrected chi connectivity index (χ0v) is 38.1. The molecule has 0 spiro atoms. The van der Waals surface area contributed by atoms with Crippen molar-refractivity contribution in [2.45, 2.75) is 77.3 Å². The van der Waals surface area contributed by atoms with Gasteiger partial charge in [0.15, 0.2) is 0 Å². The van der Waals surface area contributed by atoms with E-state index in [1.807, 2.05) is 12.5 Å². The summed E-state index contributed by atoms with van der Waals surface area (Å²) in [6.07, 6.45) is 8.74. The first-order chi connectivity index (χ1) is 26.1. The van der Waals surface area contributed by atoms with E-state index < -0.39 is 21.3 Å². The van der Waals surface area contributed by atoms with Crippen molar-refractivity contribution in [2.75, 3.05) is 0 Å². The summed E-state index contributed by atoms with van der Waals surface area (Å²) in [5, 5.41) is 2.90. The second kappa shape index (κ2) is 15.3. The van der Waals surface area contributed by atoms with Crippen molar-refractivity contribution < 1.29 is 50.5 Å². The van der Waals surface area contributed by atoms with E-state index in [-0.39, 0.29) is 27.9 Å². The second-order valence-corrected chi connectivity index (χ2v) is 23.8. The maximum absolute atomic E-state index is 5.84. The van der Waals surface area contributed by atoms with Gasteiger partial charge in [-0.2, -0.15) is 0 Å². The minimum absolute atomic E-state index is 0. The van der Waals surface area contributed by atoms with Crippen molar-refractivity contribution in [1.29, 1.82) is 0 Å². The van der Waals surface area contributed by atoms with E-state index in [9.17, 15) is 0 Å². The number of halogens is 2. The van der Waals surface area contributed by atoms with E-state index in [2.05, 4.69) is 172 Å². The first kappa shape index (κ1) is 40.6. The smallest absolute Gasteiger partial charge is 1.00 e. The van der Waals surface area contributed by atoms with Crippen LogP contribution in [0.25, 0.3) is 27.5 Å². The van der Waals surface area contributed by atoms with Gasteiger partial charge in [0, 0.05) is 0 Å². The van der Waals surface area contributed by atoms with Gasteiger partial charge in [0.2, 0.25) is 0 Å². The quantitative estimate of drug-likeness (QED) is 0.174. The normalized spacial score (nSPS) is 23.1. The van der Waals surface area contributed by atoms with Crippen LogP contribution in [0, 0.1) is 38.5 Å². The Hall–Kier alpha value is -3.55. The van der Waals surface area contributed by atoms with E-state index in [1.54, 1.807) is 28.7 Å². The largest absolute Gasteiger partial charge is 1.00 e. The van der Waals surface area contributed by atoms with Crippen molar-refractivity contribution in [3.63, 3.8) is 0 Å². The fourth-order valence-electron chi connectivity index (χ4n) is 11.1. The van der Waals surface area contributed by atoms with Crippen LogP contribution in [0.5, 0.6) is 0 Å². The number of hydrogen-bond acceptors (Lipinski definition) is 1. The average molecular weight is 855 g/mol. The number of aryl methyl sites for hydroxylation is 1. The summed E-state index contributed by atoms with van der Waals surface area (Å²) in [5.41, 5.74) is 19.1. The molecule has 0 saturated carbocycles. The molecule has 0 N–H and O–H groups in total. The Kier molecular flexibility index (Phi) is 11.1. The Morgan fingerprint density at radius 2 is 1.30 bits per heavy atom. The zero-order valence-electron chi connectivity index (χ0n) is 34.1. The van der Waals surface area contributed by atoms with Gasteiger partial charge in [0.05, 0.1) is 0 Å². The molecule has 6 unspecified atom stereocenters. The summed E-state index contributed by atoms with van der Waals surface area (Å²) in [4.78, 5) is 0. The second-order valence-electron chi connectivity index (χ2n) is 16.9. The SMILES string of the molecule is Cc1cc2c(c(C)c1C)C(C)c1c3c(c4ccccc4c1-2)C(C)C(C)C(C)[C]3(C)[Zr+2]([C]1=C(c2ccoc2)C=CC1C)=[C](c1ccccc1)c1ccccc1.[Cl-].[Cl-]. The summed E-state index contributed by atoms with van der Waals surface area (Å²) >= 11 is -3.21. The van der Waals surface area contributed by atoms with Gasteiger partial charge < -0.3 is 24.8 Å². The van der Waals surface area contributed by atoms with E-state index >= 15 is 0 Å². The van der Waals surface area contributed by atoms with E-state index in [4.69, 9.17) is 4.42 Å². The summed E-state index contributed by atoms with van der Waals surface area (Å²) in [6.45, 7) is 22.5. The van der Waals surface area contributed by atoms with E-state index in [0.29, 0.717) is 29.6 Å². The Bertz CT molecular complexity index is 2520. The standard InChI is InChI=1S/C29H33.C13H10.C10H9O.2ClH.Zr/c1-14-13-24-25(18(5)15(14)2)21(8)28-27-20(7)17(4)16(3)19(6)26(27)22-11-9-10-12-23(22)29(24)28;1-3-7-12(8-4-1)11-13-9-5-2-6-10-13;1-8-2-3-9(6-8)10-4-5-11-7-10;;;/h9-13,16-17,19,21H,1-8H3;1-10H;2-5,7-8H,1H3;2*1H;/q;;;;;+2/p-2. The van der Waals surface area contributed by atoms with Gasteiger partial charge in [-0.05, 0) is 0 Å². The zero-order chi connectivity index (χ0) is 37.6. The monoisotopic (exact) mass is 852 g/mol. The Balaban J connectivity index is 0.00000240. The minimum atomic E-state index is -3.21. The molecule has 3 aliphatic rings. The summed E-state index contributed by atoms with van der Waals surface area (Å²) < 4.78 is 9.05. The average Bonchev–Trinajstić information content (AvgIpc) is 3.93. The molecule has 0 radical (unpaired) electrons. The molecular weight excluding hydrogens is 803 g/mol. The molecule has 4 heteroatoms. The van der Waals surface area contributed by atoms with Gasteiger partial charge in [0.1, 0.15) is 0 Å². The number of hydrogen-bond donors (Lipinski definition) is 0. The fraction of sp³-hybridized carbons (Fsp3) is 0.288. The van der Waals surface area contributed by atoms with Crippen LogP contribution in [0.3, 0.4) is 0 Å². The molecule has 3 aliphatic carbocycles. The molecule has 9 rings (SSSR count). The van der Waals surface area contributed by atoms with Crippen LogP contribution in [-0.4, -0.2) is 3.21 Å². The van der Waals surface area contributed by atoms with Gasteiger partial charge in [-0.3, -0.25) is 0 Å². The van der Waals surface area contributed by atoms with Crippen LogP contribution in [0.15, 0.2) is 129 Å². The number of benzene rings is 5. The van der Waals surface area contributed by atoms with Crippen LogP contribution in [0.2, 0.25) is 0 Å². The Morgan fingerprint density at radius 3 is 1.91 bits per heavy atom. The summed E-state index contributed by atoms with van der Waals surface area (Å²) in [7, 11) is 0. The van der Waals surface area contributed by atoms with Gasteiger partial charge >= 0.3 is 332 Å². The van der Waals surface area contributed by atoms with Crippen LogP contribution in [-0.2, 0) is 24.4 Å². The van der Waals surface area contributed by atoms with Crippen LogP contribution in [0.4, 0.5) is 0 Å². The molecule has 0 aliphatic heterocycles. The Morgan fingerprint density at radius 1 is 0.696 bits per heavy atom. The first-order valence-electron chi connectivity index (χ1n) is 20.1. The summed E-state index contributed by atoms with van der Waals surface area (Å²) in [5.74, 6) is 2.03. The molecule has 5 aromatic carbocycles. The maximum Gasteiger partial charge on any atom is -1.00 e. The molecule has 0 saturated heterocycles. The van der Waals surface area contributed by atoms with Crippen LogP contribution in [0.1, 0.15) is 109 Å². The minimum Gasteiger partial charge on any atom is -1.00 e. The Labute approximate surface area is 354 Å². The number of allylic oxidation sites excluding steroid dienone is 4. The number of rotatable bonds is 5. The number of fused-ring (bicyclic) bond motifs is 8. The van der Waals surface area contributed by atoms with Crippen molar-refractivity contribution in [1.82, 2.24) is 0 Å². The molecule has 1 heterocycles.